The number of hydrogen-bond donors (Lipinski definition) is 1. The molecule has 1 fully saturated rings. The van der Waals surface area contributed by atoms with E-state index in [4.69, 9.17) is 14.2 Å². The van der Waals surface area contributed by atoms with Crippen molar-refractivity contribution in [3.8, 4) is 0 Å². The van der Waals surface area contributed by atoms with Crippen LogP contribution in [0.5, 0.6) is 0 Å². The van der Waals surface area contributed by atoms with Crippen molar-refractivity contribution in [2.24, 2.45) is 0 Å². The maximum atomic E-state index is 9.52. The second kappa shape index (κ2) is 4.37. The fourth-order valence-corrected chi connectivity index (χ4v) is 0.987. The van der Waals surface area contributed by atoms with E-state index >= 15 is 0 Å². The Labute approximate surface area is 78.8 Å². The summed E-state index contributed by atoms with van der Waals surface area (Å²) in [4.78, 5) is 0. The Kier molecular flexibility index (Phi) is 3.67. The second-order valence-corrected chi connectivity index (χ2v) is 3.58. The van der Waals surface area contributed by atoms with Gasteiger partial charge < -0.3 is 19.3 Å². The summed E-state index contributed by atoms with van der Waals surface area (Å²) in [6.45, 7) is 8.49. The smallest absolute Gasteiger partial charge is 0.189 e. The van der Waals surface area contributed by atoms with Gasteiger partial charge in [0.1, 0.15) is 12.7 Å². The highest BCUT2D eigenvalue weighted by Gasteiger charge is 2.27. The fourth-order valence-electron chi connectivity index (χ4n) is 0.987. The van der Waals surface area contributed by atoms with Gasteiger partial charge in [-0.1, -0.05) is 0 Å². The maximum absolute atomic E-state index is 9.52. The summed E-state index contributed by atoms with van der Waals surface area (Å²) in [5.74, 6) is -1.44. The van der Waals surface area contributed by atoms with Crippen LogP contribution in [0.1, 0.15) is 13.8 Å². The molecule has 0 amide bonds. The Morgan fingerprint density at radius 1 is 1.69 bits per heavy atom. The van der Waals surface area contributed by atoms with Crippen LogP contribution >= 0.6 is 0 Å². The van der Waals surface area contributed by atoms with Crippen molar-refractivity contribution in [3.05, 3.63) is 6.92 Å². The van der Waals surface area contributed by atoms with E-state index in [1.54, 1.807) is 0 Å². The van der Waals surface area contributed by atoms with Crippen LogP contribution in [0.3, 0.4) is 0 Å². The monoisotopic (exact) mass is 189 g/mol. The molecule has 1 rings (SSSR count). The van der Waals surface area contributed by atoms with Crippen LogP contribution in [-0.2, 0) is 14.2 Å². The first-order valence-corrected chi connectivity index (χ1v) is 4.44. The molecule has 1 aliphatic rings. The van der Waals surface area contributed by atoms with Gasteiger partial charge >= 0.3 is 0 Å². The summed E-state index contributed by atoms with van der Waals surface area (Å²) in [5.41, 5.74) is 0. The van der Waals surface area contributed by atoms with E-state index < -0.39 is 5.79 Å². The van der Waals surface area contributed by atoms with Gasteiger partial charge in [0.25, 0.3) is 0 Å². The van der Waals surface area contributed by atoms with E-state index in [0.717, 1.165) is 6.61 Å². The summed E-state index contributed by atoms with van der Waals surface area (Å²) in [7, 11) is 0. The molecular weight excluding hydrogens is 172 g/mol. The molecule has 0 aromatic heterocycles. The lowest BCUT2D eigenvalue weighted by atomic mass is 10.3. The van der Waals surface area contributed by atoms with E-state index in [2.05, 4.69) is 6.92 Å². The van der Waals surface area contributed by atoms with Gasteiger partial charge in [0.05, 0.1) is 19.3 Å². The van der Waals surface area contributed by atoms with Crippen molar-refractivity contribution in [2.45, 2.75) is 31.8 Å². The minimum atomic E-state index is -1.44. The van der Waals surface area contributed by atoms with Crippen molar-refractivity contribution in [2.75, 3.05) is 19.8 Å². The van der Waals surface area contributed by atoms with Crippen molar-refractivity contribution < 1.29 is 19.3 Å². The molecule has 0 spiro atoms. The van der Waals surface area contributed by atoms with Gasteiger partial charge in [0.15, 0.2) is 5.79 Å². The number of aliphatic hydroxyl groups is 1. The Balaban J connectivity index is 2.08. The molecule has 77 valence electrons. The van der Waals surface area contributed by atoms with Crippen LogP contribution in [0.15, 0.2) is 0 Å². The molecule has 0 aliphatic carbocycles. The first-order valence-electron chi connectivity index (χ1n) is 4.44. The third-order valence-corrected chi connectivity index (χ3v) is 1.49. The van der Waals surface area contributed by atoms with Crippen LogP contribution in [0.25, 0.3) is 0 Å². The largest absolute Gasteiger partial charge is 0.373 e. The highest BCUT2D eigenvalue weighted by atomic mass is 16.7. The van der Waals surface area contributed by atoms with Crippen LogP contribution in [-0.4, -0.2) is 42.9 Å². The molecule has 0 bridgehead atoms. The van der Waals surface area contributed by atoms with Gasteiger partial charge in [0.2, 0.25) is 0 Å². The molecule has 0 saturated carbocycles. The fraction of sp³-hybridized carbons (Fsp3) is 0.889. The van der Waals surface area contributed by atoms with E-state index in [0.29, 0.717) is 6.61 Å². The molecule has 2 atom stereocenters. The number of ether oxygens (including phenoxy) is 3. The number of rotatable bonds is 6. The van der Waals surface area contributed by atoms with Gasteiger partial charge in [-0.15, -0.1) is 0 Å². The average molecular weight is 189 g/mol. The van der Waals surface area contributed by atoms with Crippen molar-refractivity contribution in [1.82, 2.24) is 0 Å². The average Bonchev–Trinajstić information content (AvgIpc) is 2.67. The number of hydrogen-bond acceptors (Lipinski definition) is 4. The minimum Gasteiger partial charge on any atom is -0.373 e. The zero-order valence-corrected chi connectivity index (χ0v) is 8.16. The SMILES string of the molecule is [CH2]C(O)(COCC1CO1)OC(C)C. The predicted molar refractivity (Wildman–Crippen MR) is 47.1 cm³/mol. The summed E-state index contributed by atoms with van der Waals surface area (Å²) < 4.78 is 15.2. The normalized spacial score (nSPS) is 26.1. The lowest BCUT2D eigenvalue weighted by molar-refractivity contribution is -0.219. The minimum absolute atomic E-state index is 0.0664. The van der Waals surface area contributed by atoms with Crippen molar-refractivity contribution in [3.63, 3.8) is 0 Å². The molecule has 4 heteroatoms. The molecule has 4 nitrogen and oxygen atoms in total. The first kappa shape index (κ1) is 10.9. The Morgan fingerprint density at radius 2 is 2.31 bits per heavy atom. The summed E-state index contributed by atoms with van der Waals surface area (Å²) >= 11 is 0. The maximum Gasteiger partial charge on any atom is 0.189 e. The van der Waals surface area contributed by atoms with Crippen LogP contribution in [0.2, 0.25) is 0 Å². The summed E-state index contributed by atoms with van der Waals surface area (Å²) in [6, 6.07) is 0. The topological polar surface area (TPSA) is 51.2 Å². The molecule has 13 heavy (non-hydrogen) atoms. The zero-order valence-electron chi connectivity index (χ0n) is 8.16. The molecule has 0 aromatic carbocycles. The molecule has 1 N–H and O–H groups in total. The molecule has 2 unspecified atom stereocenters. The third-order valence-electron chi connectivity index (χ3n) is 1.49. The van der Waals surface area contributed by atoms with Gasteiger partial charge in [-0.3, -0.25) is 0 Å². The van der Waals surface area contributed by atoms with Crippen molar-refractivity contribution >= 4 is 0 Å². The number of epoxide rings is 1. The first-order chi connectivity index (χ1) is 5.99. The van der Waals surface area contributed by atoms with Crippen molar-refractivity contribution in [1.29, 1.82) is 0 Å². The highest BCUT2D eigenvalue weighted by molar-refractivity contribution is 4.72. The summed E-state index contributed by atoms with van der Waals surface area (Å²) in [6.07, 6.45) is 0.137. The van der Waals surface area contributed by atoms with Gasteiger partial charge in [-0.05, 0) is 13.8 Å². The van der Waals surface area contributed by atoms with E-state index in [9.17, 15) is 5.11 Å². The zero-order chi connectivity index (χ0) is 9.90. The quantitative estimate of drug-likeness (QED) is 0.484. The standard InChI is InChI=1S/C9H17O4/c1-7(2)13-9(3,10)6-11-4-8-5-12-8/h7-8,10H,3-6H2,1-2H3. The van der Waals surface area contributed by atoms with Gasteiger partial charge in [-0.25, -0.2) is 0 Å². The van der Waals surface area contributed by atoms with Gasteiger partial charge in [0, 0.05) is 6.92 Å². The van der Waals surface area contributed by atoms with E-state index in [-0.39, 0.29) is 18.8 Å². The lowest BCUT2D eigenvalue weighted by Gasteiger charge is -2.25. The van der Waals surface area contributed by atoms with Crippen LogP contribution in [0.4, 0.5) is 0 Å². The highest BCUT2D eigenvalue weighted by Crippen LogP contribution is 2.12. The molecule has 1 aliphatic heterocycles. The molecule has 1 saturated heterocycles. The molecular formula is C9H17O4. The van der Waals surface area contributed by atoms with Gasteiger partial charge in [-0.2, -0.15) is 0 Å². The molecule has 1 radical (unpaired) electrons. The lowest BCUT2D eigenvalue weighted by Crippen LogP contribution is -2.37. The van der Waals surface area contributed by atoms with E-state index in [1.807, 2.05) is 13.8 Å². The van der Waals surface area contributed by atoms with Crippen LogP contribution < -0.4 is 0 Å². The molecule has 0 aromatic rings. The Morgan fingerprint density at radius 3 is 2.77 bits per heavy atom. The second-order valence-electron chi connectivity index (χ2n) is 3.58. The van der Waals surface area contributed by atoms with Crippen LogP contribution in [0, 0.1) is 6.92 Å². The third kappa shape index (κ3) is 5.21. The summed E-state index contributed by atoms with van der Waals surface area (Å²) in [5, 5.41) is 9.52. The Hall–Kier alpha value is -0.160. The Bertz CT molecular complexity index is 152. The molecule has 1 heterocycles. The van der Waals surface area contributed by atoms with E-state index in [1.165, 1.54) is 0 Å². The predicted octanol–water partition coefficient (Wildman–Crippen LogP) is 0.349.